The van der Waals surface area contributed by atoms with Gasteiger partial charge < -0.3 is 19.8 Å². The SMILES string of the molecule is COc1ccc(-n2cncc2C(N)C2CCOC2)cc1Cl. The van der Waals surface area contributed by atoms with Crippen LogP contribution in [0.4, 0.5) is 0 Å². The van der Waals surface area contributed by atoms with Gasteiger partial charge in [0, 0.05) is 18.2 Å². The van der Waals surface area contributed by atoms with Gasteiger partial charge in [0.05, 0.1) is 43.0 Å². The van der Waals surface area contributed by atoms with Gasteiger partial charge in [-0.1, -0.05) is 11.6 Å². The number of benzene rings is 1. The van der Waals surface area contributed by atoms with Crippen LogP contribution in [-0.2, 0) is 4.74 Å². The van der Waals surface area contributed by atoms with E-state index in [-0.39, 0.29) is 6.04 Å². The van der Waals surface area contributed by atoms with E-state index >= 15 is 0 Å². The highest BCUT2D eigenvalue weighted by molar-refractivity contribution is 6.32. The highest BCUT2D eigenvalue weighted by Gasteiger charge is 2.26. The van der Waals surface area contributed by atoms with Crippen LogP contribution in [0.1, 0.15) is 18.2 Å². The van der Waals surface area contributed by atoms with Crippen LogP contribution in [0.3, 0.4) is 0 Å². The van der Waals surface area contributed by atoms with E-state index in [9.17, 15) is 0 Å². The van der Waals surface area contributed by atoms with E-state index in [1.54, 1.807) is 19.6 Å². The third-order valence-corrected chi connectivity index (χ3v) is 4.19. The van der Waals surface area contributed by atoms with Crippen molar-refractivity contribution in [3.63, 3.8) is 0 Å². The first kappa shape index (κ1) is 14.4. The number of ether oxygens (including phenoxy) is 2. The van der Waals surface area contributed by atoms with Crippen LogP contribution in [-0.4, -0.2) is 29.9 Å². The van der Waals surface area contributed by atoms with E-state index in [1.165, 1.54) is 0 Å². The number of aromatic nitrogens is 2. The Morgan fingerprint density at radius 1 is 1.52 bits per heavy atom. The monoisotopic (exact) mass is 307 g/mol. The third kappa shape index (κ3) is 2.77. The summed E-state index contributed by atoms with van der Waals surface area (Å²) in [7, 11) is 1.60. The molecule has 0 saturated carbocycles. The van der Waals surface area contributed by atoms with Gasteiger partial charge in [0.15, 0.2) is 0 Å². The van der Waals surface area contributed by atoms with Crippen molar-refractivity contribution in [2.24, 2.45) is 11.7 Å². The molecule has 1 aromatic carbocycles. The molecule has 2 atom stereocenters. The average molecular weight is 308 g/mol. The Balaban J connectivity index is 1.93. The van der Waals surface area contributed by atoms with E-state index in [4.69, 9.17) is 26.8 Å². The maximum Gasteiger partial charge on any atom is 0.137 e. The van der Waals surface area contributed by atoms with Gasteiger partial charge in [-0.05, 0) is 24.6 Å². The van der Waals surface area contributed by atoms with Gasteiger partial charge >= 0.3 is 0 Å². The number of rotatable bonds is 4. The first-order chi connectivity index (χ1) is 10.2. The maximum absolute atomic E-state index is 6.38. The van der Waals surface area contributed by atoms with Crippen molar-refractivity contribution < 1.29 is 9.47 Å². The van der Waals surface area contributed by atoms with Crippen molar-refractivity contribution in [1.82, 2.24) is 9.55 Å². The minimum atomic E-state index is -0.101. The number of nitrogens with two attached hydrogens (primary N) is 1. The summed E-state index contributed by atoms with van der Waals surface area (Å²) in [5.41, 5.74) is 8.26. The third-order valence-electron chi connectivity index (χ3n) is 3.89. The zero-order valence-corrected chi connectivity index (χ0v) is 12.6. The van der Waals surface area contributed by atoms with Gasteiger partial charge in [-0.2, -0.15) is 0 Å². The second-order valence-electron chi connectivity index (χ2n) is 5.16. The fraction of sp³-hybridized carbons (Fsp3) is 0.400. The first-order valence-corrected chi connectivity index (χ1v) is 7.28. The highest BCUT2D eigenvalue weighted by atomic mass is 35.5. The Bertz CT molecular complexity index is 623. The van der Waals surface area contributed by atoms with Gasteiger partial charge in [-0.3, -0.25) is 0 Å². The zero-order chi connectivity index (χ0) is 14.8. The molecule has 0 spiro atoms. The van der Waals surface area contributed by atoms with Gasteiger partial charge in [-0.25, -0.2) is 4.98 Å². The molecule has 1 aromatic heterocycles. The molecular formula is C15H18ClN3O2. The molecule has 2 heterocycles. The fourth-order valence-electron chi connectivity index (χ4n) is 2.65. The summed E-state index contributed by atoms with van der Waals surface area (Å²) in [6.07, 6.45) is 4.54. The van der Waals surface area contributed by atoms with Crippen LogP contribution in [0.25, 0.3) is 5.69 Å². The molecule has 3 rings (SSSR count). The van der Waals surface area contributed by atoms with Crippen LogP contribution < -0.4 is 10.5 Å². The highest BCUT2D eigenvalue weighted by Crippen LogP contribution is 2.30. The molecular weight excluding hydrogens is 290 g/mol. The minimum absolute atomic E-state index is 0.101. The molecule has 6 heteroatoms. The first-order valence-electron chi connectivity index (χ1n) is 6.90. The van der Waals surface area contributed by atoms with Crippen LogP contribution in [0, 0.1) is 5.92 Å². The molecule has 0 aliphatic carbocycles. The van der Waals surface area contributed by atoms with Crippen molar-refractivity contribution >= 4 is 11.6 Å². The fourth-order valence-corrected chi connectivity index (χ4v) is 2.90. The lowest BCUT2D eigenvalue weighted by Gasteiger charge is -2.19. The molecule has 2 N–H and O–H groups in total. The van der Waals surface area contributed by atoms with Gasteiger partial charge in [0.1, 0.15) is 5.75 Å². The quantitative estimate of drug-likeness (QED) is 0.943. The zero-order valence-electron chi connectivity index (χ0n) is 11.8. The Labute approximate surface area is 128 Å². The smallest absolute Gasteiger partial charge is 0.137 e. The van der Waals surface area contributed by atoms with Crippen molar-refractivity contribution in [2.75, 3.05) is 20.3 Å². The number of hydrogen-bond donors (Lipinski definition) is 1. The molecule has 2 unspecified atom stereocenters. The molecule has 0 amide bonds. The second-order valence-corrected chi connectivity index (χ2v) is 5.56. The van der Waals surface area contributed by atoms with Gasteiger partial charge in [0.2, 0.25) is 0 Å². The average Bonchev–Trinajstić information content (AvgIpc) is 3.17. The summed E-state index contributed by atoms with van der Waals surface area (Å²) in [4.78, 5) is 4.23. The predicted octanol–water partition coefficient (Wildman–Crippen LogP) is 2.57. The van der Waals surface area contributed by atoms with E-state index in [2.05, 4.69) is 4.98 Å². The Hall–Kier alpha value is -1.56. The number of halogens is 1. The van der Waals surface area contributed by atoms with Crippen LogP contribution in [0.15, 0.2) is 30.7 Å². The molecule has 0 radical (unpaired) electrons. The molecule has 1 aliphatic heterocycles. The summed E-state index contributed by atoms with van der Waals surface area (Å²) >= 11 is 6.20. The van der Waals surface area contributed by atoms with Crippen molar-refractivity contribution in [2.45, 2.75) is 12.5 Å². The Morgan fingerprint density at radius 3 is 3.05 bits per heavy atom. The van der Waals surface area contributed by atoms with Crippen LogP contribution in [0.5, 0.6) is 5.75 Å². The van der Waals surface area contributed by atoms with Crippen molar-refractivity contribution in [3.8, 4) is 11.4 Å². The molecule has 112 valence electrons. The summed E-state index contributed by atoms with van der Waals surface area (Å²) in [5.74, 6) is 0.977. The standard InChI is InChI=1S/C15H18ClN3O2/c1-20-14-3-2-11(6-12(14)16)19-9-18-7-13(19)15(17)10-4-5-21-8-10/h2-3,6-7,9-10,15H,4-5,8,17H2,1H3. The second kappa shape index (κ2) is 6.05. The van der Waals surface area contributed by atoms with Gasteiger partial charge in [-0.15, -0.1) is 0 Å². The molecule has 1 saturated heterocycles. The summed E-state index contributed by atoms with van der Waals surface area (Å²) < 4.78 is 12.6. The number of nitrogens with zero attached hydrogens (tertiary/aromatic N) is 2. The molecule has 21 heavy (non-hydrogen) atoms. The summed E-state index contributed by atoms with van der Waals surface area (Å²) in [6.45, 7) is 1.48. The van der Waals surface area contributed by atoms with Crippen LogP contribution >= 0.6 is 11.6 Å². The van der Waals surface area contributed by atoms with E-state index < -0.39 is 0 Å². The normalized spacial score (nSPS) is 19.7. The maximum atomic E-state index is 6.38. The lowest BCUT2D eigenvalue weighted by Crippen LogP contribution is -2.24. The van der Waals surface area contributed by atoms with E-state index in [1.807, 2.05) is 22.8 Å². The number of hydrogen-bond acceptors (Lipinski definition) is 4. The number of methoxy groups -OCH3 is 1. The van der Waals surface area contributed by atoms with Gasteiger partial charge in [0.25, 0.3) is 0 Å². The number of imidazole rings is 1. The molecule has 1 fully saturated rings. The topological polar surface area (TPSA) is 62.3 Å². The summed E-state index contributed by atoms with van der Waals surface area (Å²) in [6, 6.07) is 5.53. The lowest BCUT2D eigenvalue weighted by atomic mass is 9.97. The Morgan fingerprint density at radius 2 is 2.38 bits per heavy atom. The van der Waals surface area contributed by atoms with Crippen molar-refractivity contribution in [3.05, 3.63) is 41.4 Å². The Kier molecular flexibility index (Phi) is 4.14. The molecule has 0 bridgehead atoms. The largest absolute Gasteiger partial charge is 0.495 e. The summed E-state index contributed by atoms with van der Waals surface area (Å²) in [5, 5.41) is 0.562. The molecule has 2 aromatic rings. The van der Waals surface area contributed by atoms with E-state index in [0.29, 0.717) is 23.3 Å². The molecule has 1 aliphatic rings. The minimum Gasteiger partial charge on any atom is -0.495 e. The molecule has 5 nitrogen and oxygen atoms in total. The van der Waals surface area contributed by atoms with E-state index in [0.717, 1.165) is 24.4 Å². The van der Waals surface area contributed by atoms with Crippen LogP contribution in [0.2, 0.25) is 5.02 Å². The van der Waals surface area contributed by atoms with Crippen molar-refractivity contribution in [1.29, 1.82) is 0 Å². The lowest BCUT2D eigenvalue weighted by molar-refractivity contribution is 0.180. The predicted molar refractivity (Wildman–Crippen MR) is 81.0 cm³/mol.